The molecule has 0 aliphatic heterocycles. The van der Waals surface area contributed by atoms with Crippen molar-refractivity contribution in [2.24, 2.45) is 5.92 Å². The Hall–Kier alpha value is -2.23. The predicted octanol–water partition coefficient (Wildman–Crippen LogP) is 3.50. The maximum absolute atomic E-state index is 12.9. The summed E-state index contributed by atoms with van der Waals surface area (Å²) >= 11 is 0. The summed E-state index contributed by atoms with van der Waals surface area (Å²) in [7, 11) is 1.50. The van der Waals surface area contributed by atoms with E-state index in [1.807, 2.05) is 30.3 Å². The Morgan fingerprint density at radius 1 is 1.19 bits per heavy atom. The van der Waals surface area contributed by atoms with Crippen molar-refractivity contribution in [3.05, 3.63) is 54.0 Å². The number of aromatic nitrogens is 2. The van der Waals surface area contributed by atoms with Gasteiger partial charge in [-0.25, -0.2) is 9.97 Å². The van der Waals surface area contributed by atoms with E-state index in [2.05, 4.69) is 23.8 Å². The molecule has 2 aromatic rings. The van der Waals surface area contributed by atoms with Crippen LogP contribution in [-0.4, -0.2) is 22.9 Å². The number of benzene rings is 1. The van der Waals surface area contributed by atoms with Gasteiger partial charge in [0.1, 0.15) is 0 Å². The molecule has 0 spiro atoms. The van der Waals surface area contributed by atoms with Crippen molar-refractivity contribution in [1.82, 2.24) is 9.97 Å². The molecule has 2 rings (SSSR count). The van der Waals surface area contributed by atoms with Gasteiger partial charge in [-0.1, -0.05) is 50.6 Å². The van der Waals surface area contributed by atoms with Crippen LogP contribution in [-0.2, 0) is 0 Å². The molecular weight excluding hydrogens is 264 g/mol. The number of ketones is 1. The number of nitrogens with zero attached hydrogens (tertiary/aromatic N) is 2. The van der Waals surface area contributed by atoms with E-state index in [9.17, 15) is 4.79 Å². The van der Waals surface area contributed by atoms with E-state index >= 15 is 0 Å². The molecule has 21 heavy (non-hydrogen) atoms. The Kier molecular flexibility index (Phi) is 5.04. The number of hydrogen-bond acceptors (Lipinski definition) is 4. The van der Waals surface area contributed by atoms with Crippen molar-refractivity contribution >= 4 is 5.78 Å². The number of Topliss-reactive ketones (excluding diaryl/α,β-unsaturated/α-hetero) is 1. The molecule has 1 aromatic heterocycles. The van der Waals surface area contributed by atoms with Crippen LogP contribution in [0.5, 0.6) is 5.88 Å². The van der Waals surface area contributed by atoms with Crippen LogP contribution in [0.2, 0.25) is 0 Å². The first kappa shape index (κ1) is 15.2. The van der Waals surface area contributed by atoms with Crippen LogP contribution in [0.3, 0.4) is 0 Å². The Labute approximate surface area is 125 Å². The molecule has 0 aliphatic rings. The number of hydrogen-bond donors (Lipinski definition) is 0. The van der Waals surface area contributed by atoms with Crippen LogP contribution in [0.15, 0.2) is 42.7 Å². The van der Waals surface area contributed by atoms with Crippen LogP contribution < -0.4 is 4.74 Å². The molecule has 1 aromatic carbocycles. The number of ether oxygens (including phenoxy) is 1. The van der Waals surface area contributed by atoms with Gasteiger partial charge in [-0.05, 0) is 11.5 Å². The van der Waals surface area contributed by atoms with Gasteiger partial charge in [-0.2, -0.15) is 0 Å². The SMILES string of the molecule is CCC(C)C(C(=O)c1nccnc1OC)c1ccccc1. The third-order valence-electron chi connectivity index (χ3n) is 3.75. The second-order valence-corrected chi connectivity index (χ2v) is 5.05. The lowest BCUT2D eigenvalue weighted by atomic mass is 9.81. The first-order valence-electron chi connectivity index (χ1n) is 7.13. The highest BCUT2D eigenvalue weighted by Crippen LogP contribution is 2.31. The van der Waals surface area contributed by atoms with Gasteiger partial charge in [-0.3, -0.25) is 4.79 Å². The van der Waals surface area contributed by atoms with Gasteiger partial charge in [0.15, 0.2) is 11.5 Å². The van der Waals surface area contributed by atoms with Crippen molar-refractivity contribution in [2.75, 3.05) is 7.11 Å². The molecule has 0 radical (unpaired) electrons. The lowest BCUT2D eigenvalue weighted by molar-refractivity contribution is 0.0922. The molecule has 0 saturated heterocycles. The highest BCUT2D eigenvalue weighted by molar-refractivity contribution is 6.01. The number of carbonyl (C=O) groups excluding carboxylic acids is 1. The fraction of sp³-hybridized carbons (Fsp3) is 0.353. The maximum Gasteiger partial charge on any atom is 0.243 e. The quantitative estimate of drug-likeness (QED) is 0.762. The van der Waals surface area contributed by atoms with E-state index in [0.717, 1.165) is 12.0 Å². The lowest BCUT2D eigenvalue weighted by Crippen LogP contribution is -2.21. The van der Waals surface area contributed by atoms with Crippen LogP contribution in [0.25, 0.3) is 0 Å². The molecule has 4 heteroatoms. The van der Waals surface area contributed by atoms with Gasteiger partial charge in [0.2, 0.25) is 5.88 Å². The summed E-state index contributed by atoms with van der Waals surface area (Å²) in [6, 6.07) is 9.82. The molecule has 0 amide bonds. The van der Waals surface area contributed by atoms with Crippen LogP contribution >= 0.6 is 0 Å². The smallest absolute Gasteiger partial charge is 0.243 e. The summed E-state index contributed by atoms with van der Waals surface area (Å²) in [6.45, 7) is 4.17. The van der Waals surface area contributed by atoms with E-state index in [1.54, 1.807) is 0 Å². The average molecular weight is 284 g/mol. The monoisotopic (exact) mass is 284 g/mol. The van der Waals surface area contributed by atoms with E-state index in [0.29, 0.717) is 5.69 Å². The maximum atomic E-state index is 12.9. The van der Waals surface area contributed by atoms with Gasteiger partial charge in [-0.15, -0.1) is 0 Å². The second-order valence-electron chi connectivity index (χ2n) is 5.05. The zero-order valence-corrected chi connectivity index (χ0v) is 12.6. The molecule has 0 N–H and O–H groups in total. The number of rotatable bonds is 6. The summed E-state index contributed by atoms with van der Waals surface area (Å²) in [4.78, 5) is 21.2. The number of carbonyl (C=O) groups is 1. The Morgan fingerprint density at radius 2 is 1.86 bits per heavy atom. The minimum atomic E-state index is -0.234. The van der Waals surface area contributed by atoms with Gasteiger partial charge in [0.05, 0.1) is 13.0 Å². The van der Waals surface area contributed by atoms with Crippen molar-refractivity contribution in [2.45, 2.75) is 26.2 Å². The van der Waals surface area contributed by atoms with Gasteiger partial charge in [0, 0.05) is 12.4 Å². The number of methoxy groups -OCH3 is 1. The van der Waals surface area contributed by atoms with Crippen molar-refractivity contribution in [1.29, 1.82) is 0 Å². The average Bonchev–Trinajstić information content (AvgIpc) is 2.55. The first-order valence-corrected chi connectivity index (χ1v) is 7.13. The predicted molar refractivity (Wildman–Crippen MR) is 81.6 cm³/mol. The van der Waals surface area contributed by atoms with Gasteiger partial charge in [0.25, 0.3) is 0 Å². The lowest BCUT2D eigenvalue weighted by Gasteiger charge is -2.22. The molecule has 0 aliphatic carbocycles. The Bertz CT molecular complexity index is 599. The second kappa shape index (κ2) is 6.97. The summed E-state index contributed by atoms with van der Waals surface area (Å²) in [5, 5.41) is 0. The Morgan fingerprint density at radius 3 is 2.48 bits per heavy atom. The molecule has 4 nitrogen and oxygen atoms in total. The summed E-state index contributed by atoms with van der Waals surface area (Å²) in [5.74, 6) is 0.223. The largest absolute Gasteiger partial charge is 0.479 e. The van der Waals surface area contributed by atoms with Crippen molar-refractivity contribution in [3.63, 3.8) is 0 Å². The topological polar surface area (TPSA) is 52.1 Å². The summed E-state index contributed by atoms with van der Waals surface area (Å²) in [6.07, 6.45) is 3.96. The van der Waals surface area contributed by atoms with Gasteiger partial charge < -0.3 is 4.74 Å². The van der Waals surface area contributed by atoms with E-state index in [1.165, 1.54) is 19.5 Å². The molecule has 1 heterocycles. The van der Waals surface area contributed by atoms with Crippen LogP contribution in [0.4, 0.5) is 0 Å². The van der Waals surface area contributed by atoms with E-state index in [-0.39, 0.29) is 23.5 Å². The summed E-state index contributed by atoms with van der Waals surface area (Å²) in [5.41, 5.74) is 1.30. The zero-order valence-electron chi connectivity index (χ0n) is 12.6. The zero-order chi connectivity index (χ0) is 15.2. The Balaban J connectivity index is 2.44. The normalized spacial score (nSPS) is 13.5. The highest BCUT2D eigenvalue weighted by Gasteiger charge is 2.30. The standard InChI is InChI=1S/C17H20N2O2/c1-4-12(2)14(13-8-6-5-7-9-13)16(20)15-17(21-3)19-11-10-18-15/h5-12,14H,4H2,1-3H3. The minimum Gasteiger partial charge on any atom is -0.479 e. The molecule has 0 fully saturated rings. The van der Waals surface area contributed by atoms with Crippen LogP contribution in [0.1, 0.15) is 42.2 Å². The first-order chi connectivity index (χ1) is 10.2. The molecule has 2 atom stereocenters. The van der Waals surface area contributed by atoms with Crippen molar-refractivity contribution in [3.8, 4) is 5.88 Å². The molecular formula is C17H20N2O2. The van der Waals surface area contributed by atoms with Crippen LogP contribution in [0, 0.1) is 5.92 Å². The fourth-order valence-corrected chi connectivity index (χ4v) is 2.43. The molecule has 2 unspecified atom stereocenters. The summed E-state index contributed by atoms with van der Waals surface area (Å²) < 4.78 is 5.17. The third-order valence-corrected chi connectivity index (χ3v) is 3.75. The molecule has 110 valence electrons. The fourth-order valence-electron chi connectivity index (χ4n) is 2.43. The van der Waals surface area contributed by atoms with E-state index in [4.69, 9.17) is 4.74 Å². The minimum absolute atomic E-state index is 0.0412. The highest BCUT2D eigenvalue weighted by atomic mass is 16.5. The molecule has 0 saturated carbocycles. The third kappa shape index (κ3) is 3.27. The van der Waals surface area contributed by atoms with E-state index < -0.39 is 0 Å². The molecule has 0 bridgehead atoms. The van der Waals surface area contributed by atoms with Gasteiger partial charge >= 0.3 is 0 Å². The van der Waals surface area contributed by atoms with Crippen molar-refractivity contribution < 1.29 is 9.53 Å².